The van der Waals surface area contributed by atoms with E-state index in [9.17, 15) is 4.79 Å². The van der Waals surface area contributed by atoms with Gasteiger partial charge in [-0.1, -0.05) is 18.2 Å². The lowest BCUT2D eigenvalue weighted by atomic mass is 10.0. The summed E-state index contributed by atoms with van der Waals surface area (Å²) in [5, 5.41) is 3.46. The number of aromatic nitrogens is 2. The minimum atomic E-state index is -0.273. The molecule has 1 atom stereocenters. The number of pyridine rings is 2. The summed E-state index contributed by atoms with van der Waals surface area (Å²) in [6.07, 6.45) is 5.26. The molecule has 0 fully saturated rings. The van der Waals surface area contributed by atoms with Crippen LogP contribution in [0.15, 0.2) is 73.2 Å². The molecule has 0 radical (unpaired) electrons. The van der Waals surface area contributed by atoms with Crippen molar-refractivity contribution in [2.75, 3.05) is 10.2 Å². The fourth-order valence-electron chi connectivity index (χ4n) is 2.85. The fourth-order valence-corrected chi connectivity index (χ4v) is 2.85. The molecule has 4 rings (SSSR count). The molecule has 5 heteroatoms. The number of carbonyl (C=O) groups is 1. The molecular formula is C18H16N4O+2. The molecule has 0 spiro atoms. The number of fused-ring (bicyclic) bond motifs is 1. The number of para-hydroxylation sites is 1. The number of hydrogen-bond donors (Lipinski definition) is 1. The lowest BCUT2D eigenvalue weighted by Crippen LogP contribution is -2.45. The Balaban J connectivity index is 1.87. The first-order valence-electron chi connectivity index (χ1n) is 7.46. The monoisotopic (exact) mass is 304 g/mol. The minimum absolute atomic E-state index is 0.0281. The number of benzene rings is 1. The Morgan fingerprint density at radius 3 is 2.48 bits per heavy atom. The summed E-state index contributed by atoms with van der Waals surface area (Å²) < 4.78 is 0. The van der Waals surface area contributed by atoms with Crippen LogP contribution in [0.5, 0.6) is 0 Å². The zero-order chi connectivity index (χ0) is 15.6. The maximum Gasteiger partial charge on any atom is 0.345 e. The first-order valence-corrected chi connectivity index (χ1v) is 7.46. The third-order valence-corrected chi connectivity index (χ3v) is 3.94. The summed E-state index contributed by atoms with van der Waals surface area (Å²) in [5.74, 6) is 0.719. The number of aromatic amines is 2. The standard InChI is InChI=1S/C18H14N4O/c23-18-14-5-1-2-6-15(14)21-17(13-8-11-19-12-9-13)22(18)16-7-3-4-10-20-16/h1-12,17,21H/p+2. The Bertz CT molecular complexity index is 836. The molecule has 3 N–H and O–H groups in total. The predicted molar refractivity (Wildman–Crippen MR) is 85.6 cm³/mol. The second-order valence-corrected chi connectivity index (χ2v) is 5.35. The van der Waals surface area contributed by atoms with Crippen molar-refractivity contribution in [3.63, 3.8) is 0 Å². The van der Waals surface area contributed by atoms with Gasteiger partial charge in [-0.3, -0.25) is 0 Å². The van der Waals surface area contributed by atoms with Gasteiger partial charge in [0.15, 0.2) is 12.4 Å². The molecule has 2 aromatic heterocycles. The highest BCUT2D eigenvalue weighted by molar-refractivity contribution is 6.11. The molecule has 1 aromatic carbocycles. The summed E-state index contributed by atoms with van der Waals surface area (Å²) >= 11 is 0. The average molecular weight is 304 g/mol. The predicted octanol–water partition coefficient (Wildman–Crippen LogP) is 2.09. The fraction of sp³-hybridized carbons (Fsp3) is 0.0556. The Kier molecular flexibility index (Phi) is 3.24. The maximum absolute atomic E-state index is 13.1. The highest BCUT2D eigenvalue weighted by Gasteiger charge is 2.40. The van der Waals surface area contributed by atoms with Gasteiger partial charge in [0, 0.05) is 23.8 Å². The number of amides is 1. The molecule has 0 bridgehead atoms. The molecule has 112 valence electrons. The van der Waals surface area contributed by atoms with Crippen molar-refractivity contribution in [2.24, 2.45) is 0 Å². The lowest BCUT2D eigenvalue weighted by Gasteiger charge is -2.31. The van der Waals surface area contributed by atoms with Gasteiger partial charge in [-0.2, -0.15) is 4.90 Å². The summed E-state index contributed by atoms with van der Waals surface area (Å²) in [6.45, 7) is 0. The number of anilines is 2. The number of nitrogens with zero attached hydrogens (tertiary/aromatic N) is 1. The van der Waals surface area contributed by atoms with Gasteiger partial charge < -0.3 is 5.32 Å². The van der Waals surface area contributed by atoms with E-state index < -0.39 is 0 Å². The lowest BCUT2D eigenvalue weighted by molar-refractivity contribution is -0.378. The van der Waals surface area contributed by atoms with Crippen molar-refractivity contribution >= 4 is 17.4 Å². The van der Waals surface area contributed by atoms with Gasteiger partial charge in [-0.15, -0.1) is 0 Å². The van der Waals surface area contributed by atoms with Gasteiger partial charge >= 0.3 is 5.91 Å². The number of nitrogens with one attached hydrogen (secondary N) is 3. The highest BCUT2D eigenvalue weighted by Crippen LogP contribution is 2.34. The average Bonchev–Trinajstić information content (AvgIpc) is 2.63. The Morgan fingerprint density at radius 1 is 0.913 bits per heavy atom. The van der Waals surface area contributed by atoms with Crippen LogP contribution in [0.4, 0.5) is 11.5 Å². The van der Waals surface area contributed by atoms with Crippen LogP contribution < -0.4 is 20.2 Å². The van der Waals surface area contributed by atoms with Crippen LogP contribution in [-0.2, 0) is 0 Å². The topological polar surface area (TPSA) is 60.6 Å². The van der Waals surface area contributed by atoms with Gasteiger partial charge in [-0.25, -0.2) is 14.8 Å². The Morgan fingerprint density at radius 2 is 1.70 bits per heavy atom. The normalized spacial score (nSPS) is 16.6. The van der Waals surface area contributed by atoms with Crippen LogP contribution >= 0.6 is 0 Å². The van der Waals surface area contributed by atoms with Crippen LogP contribution in [0.25, 0.3) is 0 Å². The number of hydrogen-bond acceptors (Lipinski definition) is 2. The van der Waals surface area contributed by atoms with Crippen LogP contribution in [-0.4, -0.2) is 5.91 Å². The summed E-state index contributed by atoms with van der Waals surface area (Å²) in [5.41, 5.74) is 2.52. The van der Waals surface area contributed by atoms with Crippen molar-refractivity contribution < 1.29 is 14.8 Å². The maximum atomic E-state index is 13.1. The number of H-pyrrole nitrogens is 2. The van der Waals surface area contributed by atoms with Gasteiger partial charge in [-0.05, 0) is 18.2 Å². The van der Waals surface area contributed by atoms with E-state index in [1.165, 1.54) is 0 Å². The number of rotatable bonds is 2. The van der Waals surface area contributed by atoms with Crippen LogP contribution in [0.2, 0.25) is 0 Å². The van der Waals surface area contributed by atoms with Gasteiger partial charge in [0.05, 0.1) is 17.4 Å². The first-order chi connectivity index (χ1) is 11.3. The van der Waals surface area contributed by atoms with Gasteiger partial charge in [0.25, 0.3) is 5.82 Å². The second-order valence-electron chi connectivity index (χ2n) is 5.35. The van der Waals surface area contributed by atoms with E-state index in [4.69, 9.17) is 0 Å². The van der Waals surface area contributed by atoms with E-state index in [1.807, 2.05) is 73.2 Å². The Hall–Kier alpha value is -3.21. The molecule has 1 aliphatic rings. The summed E-state index contributed by atoms with van der Waals surface area (Å²) in [6, 6.07) is 17.2. The molecule has 5 nitrogen and oxygen atoms in total. The molecule has 1 amide bonds. The van der Waals surface area contributed by atoms with E-state index in [0.29, 0.717) is 5.56 Å². The van der Waals surface area contributed by atoms with Crippen LogP contribution in [0, 0.1) is 0 Å². The van der Waals surface area contributed by atoms with E-state index in [1.54, 1.807) is 4.90 Å². The molecule has 0 saturated heterocycles. The molecule has 1 unspecified atom stereocenters. The molecule has 1 aliphatic heterocycles. The molecule has 3 aromatic rings. The molecule has 3 heterocycles. The molecule has 0 saturated carbocycles. The van der Waals surface area contributed by atoms with E-state index in [-0.39, 0.29) is 12.1 Å². The van der Waals surface area contributed by atoms with Crippen LogP contribution in [0.3, 0.4) is 0 Å². The van der Waals surface area contributed by atoms with Crippen molar-refractivity contribution in [3.8, 4) is 0 Å². The first kappa shape index (κ1) is 13.5. The quantitative estimate of drug-likeness (QED) is 0.788. The van der Waals surface area contributed by atoms with E-state index in [2.05, 4.69) is 15.3 Å². The molecule has 0 aliphatic carbocycles. The zero-order valence-corrected chi connectivity index (χ0v) is 12.4. The van der Waals surface area contributed by atoms with Crippen molar-refractivity contribution in [1.29, 1.82) is 0 Å². The van der Waals surface area contributed by atoms with Crippen molar-refractivity contribution in [3.05, 3.63) is 84.3 Å². The number of carbonyl (C=O) groups excluding carboxylic acids is 1. The Labute approximate surface area is 133 Å². The van der Waals surface area contributed by atoms with Crippen molar-refractivity contribution in [2.45, 2.75) is 6.17 Å². The smallest absolute Gasteiger partial charge is 0.342 e. The van der Waals surface area contributed by atoms with Crippen molar-refractivity contribution in [1.82, 2.24) is 0 Å². The van der Waals surface area contributed by atoms with E-state index in [0.717, 1.165) is 17.1 Å². The van der Waals surface area contributed by atoms with Crippen LogP contribution in [0.1, 0.15) is 22.1 Å². The van der Waals surface area contributed by atoms with Gasteiger partial charge in [0.2, 0.25) is 6.17 Å². The largest absolute Gasteiger partial charge is 0.345 e. The SMILES string of the molecule is O=C1c2ccccc2NC(c2cc[nH+]cc2)N1c1cccc[nH+]1. The molecular weight excluding hydrogens is 288 g/mol. The third kappa shape index (κ3) is 2.32. The minimum Gasteiger partial charge on any atom is -0.342 e. The second kappa shape index (κ2) is 5.53. The molecule has 23 heavy (non-hydrogen) atoms. The summed E-state index contributed by atoms with van der Waals surface area (Å²) in [4.78, 5) is 21.0. The third-order valence-electron chi connectivity index (χ3n) is 3.94. The van der Waals surface area contributed by atoms with E-state index >= 15 is 0 Å². The highest BCUT2D eigenvalue weighted by atomic mass is 16.2. The van der Waals surface area contributed by atoms with Gasteiger partial charge in [0.1, 0.15) is 0 Å². The zero-order valence-electron chi connectivity index (χ0n) is 12.4. The summed E-state index contributed by atoms with van der Waals surface area (Å²) in [7, 11) is 0.